The summed E-state index contributed by atoms with van der Waals surface area (Å²) < 4.78 is 63.3. The van der Waals surface area contributed by atoms with Gasteiger partial charge in [0.05, 0.1) is 4.90 Å². The van der Waals surface area contributed by atoms with Gasteiger partial charge in [-0.2, -0.15) is 18.2 Å². The van der Waals surface area contributed by atoms with Gasteiger partial charge in [-0.25, -0.2) is 13.4 Å². The number of sulfone groups is 1. The molecule has 0 saturated carbocycles. The lowest BCUT2D eigenvalue weighted by atomic mass is 10.2. The van der Waals surface area contributed by atoms with Crippen molar-refractivity contribution >= 4 is 27.3 Å². The van der Waals surface area contributed by atoms with Crippen LogP contribution in [0.4, 0.5) is 30.6 Å². The monoisotopic (exact) mass is 422 g/mol. The van der Waals surface area contributed by atoms with Gasteiger partial charge in [-0.1, -0.05) is 30.3 Å². The predicted octanol–water partition coefficient (Wildman–Crippen LogP) is 4.25. The third-order valence-electron chi connectivity index (χ3n) is 3.91. The average molecular weight is 422 g/mol. The van der Waals surface area contributed by atoms with E-state index in [4.69, 9.17) is 0 Å². The number of halogens is 3. The summed E-state index contributed by atoms with van der Waals surface area (Å²) in [6.45, 7) is -0.0474. The SMILES string of the molecule is CS(=O)(=O)c1cccc(CNc2nc(Nc3ccccc3)ncc2C(F)(F)F)c1. The van der Waals surface area contributed by atoms with Crippen molar-refractivity contribution in [2.24, 2.45) is 0 Å². The molecule has 152 valence electrons. The number of alkyl halides is 3. The molecule has 2 aromatic carbocycles. The van der Waals surface area contributed by atoms with E-state index in [1.165, 1.54) is 18.2 Å². The van der Waals surface area contributed by atoms with Gasteiger partial charge in [0.15, 0.2) is 9.84 Å². The second-order valence-electron chi connectivity index (χ2n) is 6.22. The molecule has 1 aromatic heterocycles. The van der Waals surface area contributed by atoms with Crippen LogP contribution < -0.4 is 10.6 Å². The summed E-state index contributed by atoms with van der Waals surface area (Å²) in [7, 11) is -3.42. The molecule has 1 heterocycles. The summed E-state index contributed by atoms with van der Waals surface area (Å²) in [5.41, 5.74) is 0.103. The lowest BCUT2D eigenvalue weighted by Gasteiger charge is -2.15. The summed E-state index contributed by atoms with van der Waals surface area (Å²) in [6, 6.07) is 14.7. The molecule has 0 bridgehead atoms. The fourth-order valence-corrected chi connectivity index (χ4v) is 3.20. The van der Waals surface area contributed by atoms with Gasteiger partial charge < -0.3 is 10.6 Å². The Hall–Kier alpha value is -3.14. The van der Waals surface area contributed by atoms with E-state index in [9.17, 15) is 21.6 Å². The van der Waals surface area contributed by atoms with Crippen molar-refractivity contribution in [2.45, 2.75) is 17.6 Å². The molecule has 0 aliphatic heterocycles. The Bertz CT molecular complexity index is 1100. The molecule has 10 heteroatoms. The van der Waals surface area contributed by atoms with Crippen LogP contribution in [0.2, 0.25) is 0 Å². The molecule has 0 amide bonds. The third-order valence-corrected chi connectivity index (χ3v) is 5.02. The lowest BCUT2D eigenvalue weighted by Crippen LogP contribution is -2.14. The van der Waals surface area contributed by atoms with Gasteiger partial charge in [0.2, 0.25) is 5.95 Å². The van der Waals surface area contributed by atoms with E-state index in [1.54, 1.807) is 36.4 Å². The molecule has 0 radical (unpaired) electrons. The Kier molecular flexibility index (Phi) is 5.73. The molecule has 0 saturated heterocycles. The number of rotatable bonds is 6. The van der Waals surface area contributed by atoms with E-state index < -0.39 is 27.4 Å². The van der Waals surface area contributed by atoms with E-state index >= 15 is 0 Å². The van der Waals surface area contributed by atoms with E-state index in [1.807, 2.05) is 0 Å². The molecule has 0 atom stereocenters. The van der Waals surface area contributed by atoms with Crippen molar-refractivity contribution in [3.05, 3.63) is 71.9 Å². The first-order valence-electron chi connectivity index (χ1n) is 8.42. The number of para-hydroxylation sites is 1. The first-order valence-corrected chi connectivity index (χ1v) is 10.3. The topological polar surface area (TPSA) is 84.0 Å². The molecule has 2 N–H and O–H groups in total. The second kappa shape index (κ2) is 8.08. The molecule has 0 fully saturated rings. The van der Waals surface area contributed by atoms with Crippen molar-refractivity contribution in [1.29, 1.82) is 0 Å². The van der Waals surface area contributed by atoms with Crippen molar-refractivity contribution in [2.75, 3.05) is 16.9 Å². The van der Waals surface area contributed by atoms with Crippen LogP contribution in [0.3, 0.4) is 0 Å². The molecule has 3 rings (SSSR count). The van der Waals surface area contributed by atoms with Crippen LogP contribution in [0.15, 0.2) is 65.7 Å². The van der Waals surface area contributed by atoms with Gasteiger partial charge >= 0.3 is 6.18 Å². The number of nitrogens with one attached hydrogen (secondary N) is 2. The minimum Gasteiger partial charge on any atom is -0.365 e. The second-order valence-corrected chi connectivity index (χ2v) is 8.23. The van der Waals surface area contributed by atoms with Crippen molar-refractivity contribution in [3.8, 4) is 0 Å². The van der Waals surface area contributed by atoms with Gasteiger partial charge in [-0.3, -0.25) is 0 Å². The Morgan fingerprint density at radius 3 is 2.41 bits per heavy atom. The maximum Gasteiger partial charge on any atom is 0.421 e. The van der Waals surface area contributed by atoms with Crippen molar-refractivity contribution in [1.82, 2.24) is 9.97 Å². The summed E-state index contributed by atoms with van der Waals surface area (Å²) in [4.78, 5) is 7.78. The summed E-state index contributed by atoms with van der Waals surface area (Å²) >= 11 is 0. The molecule has 3 aromatic rings. The summed E-state index contributed by atoms with van der Waals surface area (Å²) in [5.74, 6) is -0.410. The van der Waals surface area contributed by atoms with Crippen LogP contribution >= 0.6 is 0 Å². The highest BCUT2D eigenvalue weighted by molar-refractivity contribution is 7.90. The van der Waals surface area contributed by atoms with Gasteiger partial charge in [0.1, 0.15) is 11.4 Å². The van der Waals surface area contributed by atoms with Gasteiger partial charge in [0, 0.05) is 24.7 Å². The maximum atomic E-state index is 13.3. The van der Waals surface area contributed by atoms with Gasteiger partial charge in [-0.15, -0.1) is 0 Å². The molecule has 6 nitrogen and oxygen atoms in total. The minimum atomic E-state index is -4.65. The van der Waals surface area contributed by atoms with Crippen LogP contribution in [-0.4, -0.2) is 24.6 Å². The summed E-state index contributed by atoms with van der Waals surface area (Å²) in [6.07, 6.45) is -2.89. The van der Waals surface area contributed by atoms with Crippen LogP contribution in [0.1, 0.15) is 11.1 Å². The first-order chi connectivity index (χ1) is 13.6. The minimum absolute atomic E-state index is 0.00316. The highest BCUT2D eigenvalue weighted by Crippen LogP contribution is 2.34. The quantitative estimate of drug-likeness (QED) is 0.618. The number of nitrogens with zero attached hydrogens (tertiary/aromatic N) is 2. The van der Waals surface area contributed by atoms with Crippen LogP contribution in [0.5, 0.6) is 0 Å². The fraction of sp³-hybridized carbons (Fsp3) is 0.158. The zero-order valence-electron chi connectivity index (χ0n) is 15.2. The highest BCUT2D eigenvalue weighted by Gasteiger charge is 2.35. The van der Waals surface area contributed by atoms with E-state index in [0.29, 0.717) is 17.4 Å². The van der Waals surface area contributed by atoms with Crippen LogP contribution in [-0.2, 0) is 22.6 Å². The molecule has 0 aliphatic rings. The largest absolute Gasteiger partial charge is 0.421 e. The molecular weight excluding hydrogens is 405 g/mol. The Balaban J connectivity index is 1.87. The number of benzene rings is 2. The number of anilines is 3. The number of aromatic nitrogens is 2. The van der Waals surface area contributed by atoms with Crippen LogP contribution in [0.25, 0.3) is 0 Å². The molecule has 0 aliphatic carbocycles. The molecule has 0 unspecified atom stereocenters. The Morgan fingerprint density at radius 1 is 1.03 bits per heavy atom. The smallest absolute Gasteiger partial charge is 0.365 e. The normalized spacial score (nSPS) is 11.9. The fourth-order valence-electron chi connectivity index (χ4n) is 2.51. The third kappa shape index (κ3) is 5.44. The van der Waals surface area contributed by atoms with Crippen molar-refractivity contribution < 1.29 is 21.6 Å². The van der Waals surface area contributed by atoms with Crippen molar-refractivity contribution in [3.63, 3.8) is 0 Å². The van der Waals surface area contributed by atoms with Gasteiger partial charge in [-0.05, 0) is 29.8 Å². The Labute approximate surface area is 165 Å². The van der Waals surface area contributed by atoms with Crippen LogP contribution in [0, 0.1) is 0 Å². The lowest BCUT2D eigenvalue weighted by molar-refractivity contribution is -0.137. The molecule has 29 heavy (non-hydrogen) atoms. The molecular formula is C19H17F3N4O2S. The number of hydrogen-bond acceptors (Lipinski definition) is 6. The zero-order chi connectivity index (χ0) is 21.1. The molecule has 0 spiro atoms. The van der Waals surface area contributed by atoms with E-state index in [0.717, 1.165) is 6.26 Å². The highest BCUT2D eigenvalue weighted by atomic mass is 32.2. The average Bonchev–Trinajstić information content (AvgIpc) is 2.66. The maximum absolute atomic E-state index is 13.3. The predicted molar refractivity (Wildman–Crippen MR) is 104 cm³/mol. The van der Waals surface area contributed by atoms with E-state index in [2.05, 4.69) is 20.6 Å². The first kappa shape index (κ1) is 20.6. The standard InChI is InChI=1S/C19H17F3N4O2S/c1-29(27,28)15-9-5-6-13(10-15)11-23-17-16(19(20,21)22)12-24-18(26-17)25-14-7-3-2-4-8-14/h2-10,12H,11H2,1H3,(H2,23,24,25,26). The zero-order valence-corrected chi connectivity index (χ0v) is 16.1. The Morgan fingerprint density at radius 2 is 1.76 bits per heavy atom. The van der Waals surface area contributed by atoms with Gasteiger partial charge in [0.25, 0.3) is 0 Å². The summed E-state index contributed by atoms with van der Waals surface area (Å²) in [5, 5.41) is 5.48. The number of hydrogen-bond donors (Lipinski definition) is 2. The van der Waals surface area contributed by atoms with E-state index in [-0.39, 0.29) is 17.4 Å².